The maximum atomic E-state index is 14.4. The number of nitrogens with zero attached hydrogens (tertiary/aromatic N) is 1. The third kappa shape index (κ3) is 7.45. The van der Waals surface area contributed by atoms with Gasteiger partial charge in [0.1, 0.15) is 29.7 Å². The van der Waals surface area contributed by atoms with Gasteiger partial charge in [0.15, 0.2) is 0 Å². The summed E-state index contributed by atoms with van der Waals surface area (Å²) in [5.74, 6) is -4.01. The van der Waals surface area contributed by atoms with Crippen LogP contribution in [0.5, 0.6) is 0 Å². The molecule has 0 bridgehead atoms. The third-order valence-corrected chi connectivity index (χ3v) is 6.32. The van der Waals surface area contributed by atoms with Gasteiger partial charge in [0, 0.05) is 22.5 Å². The van der Waals surface area contributed by atoms with E-state index in [9.17, 15) is 27.4 Å². The number of anilines is 2. The van der Waals surface area contributed by atoms with Crippen molar-refractivity contribution in [2.24, 2.45) is 0 Å². The zero-order valence-electron chi connectivity index (χ0n) is 17.9. The Hall–Kier alpha value is -3.14. The number of amides is 3. The normalized spacial score (nSPS) is 14.5. The van der Waals surface area contributed by atoms with Crippen molar-refractivity contribution in [1.82, 2.24) is 5.32 Å². The van der Waals surface area contributed by atoms with Gasteiger partial charge in [-0.25, -0.2) is 8.78 Å². The van der Waals surface area contributed by atoms with Gasteiger partial charge >= 0.3 is 0 Å². The van der Waals surface area contributed by atoms with Crippen LogP contribution in [0.2, 0.25) is 0 Å². The number of rotatable bonds is 9. The highest BCUT2D eigenvalue weighted by molar-refractivity contribution is 7.86. The van der Waals surface area contributed by atoms with E-state index in [1.165, 1.54) is 42.5 Å². The van der Waals surface area contributed by atoms with Crippen LogP contribution in [-0.2, 0) is 25.2 Å². The van der Waals surface area contributed by atoms with Crippen LogP contribution in [0.1, 0.15) is 25.7 Å². The number of hydrogen-bond acceptors (Lipinski definition) is 4. The molecular formula is C23H25F2N3O4S. The smallest absolute Gasteiger partial charge is 0.240 e. The van der Waals surface area contributed by atoms with Gasteiger partial charge in [-0.1, -0.05) is 25.0 Å². The van der Waals surface area contributed by atoms with Crippen LogP contribution in [-0.4, -0.2) is 46.0 Å². The molecule has 1 saturated carbocycles. The fourth-order valence-electron chi connectivity index (χ4n) is 3.61. The largest absolute Gasteiger partial charge is 0.352 e. The minimum absolute atomic E-state index is 0.0272. The van der Waals surface area contributed by atoms with Crippen molar-refractivity contribution in [3.05, 3.63) is 60.2 Å². The molecule has 1 aliphatic carbocycles. The number of benzene rings is 2. The molecule has 0 heterocycles. The van der Waals surface area contributed by atoms with Crippen LogP contribution < -0.4 is 15.5 Å². The van der Waals surface area contributed by atoms with E-state index in [2.05, 4.69) is 10.6 Å². The minimum Gasteiger partial charge on any atom is -0.352 e. The van der Waals surface area contributed by atoms with Crippen LogP contribution in [0.15, 0.2) is 48.5 Å². The van der Waals surface area contributed by atoms with E-state index in [4.69, 9.17) is 0 Å². The van der Waals surface area contributed by atoms with Crippen molar-refractivity contribution in [2.45, 2.75) is 31.7 Å². The number of halogens is 2. The fourth-order valence-corrected chi connectivity index (χ4v) is 4.51. The van der Waals surface area contributed by atoms with E-state index >= 15 is 0 Å². The van der Waals surface area contributed by atoms with Gasteiger partial charge in [-0.2, -0.15) is 0 Å². The van der Waals surface area contributed by atoms with E-state index in [-0.39, 0.29) is 11.7 Å². The highest BCUT2D eigenvalue weighted by Crippen LogP contribution is 2.20. The van der Waals surface area contributed by atoms with E-state index in [1.807, 2.05) is 0 Å². The lowest BCUT2D eigenvalue weighted by Gasteiger charge is -2.23. The topological polar surface area (TPSA) is 95.6 Å². The molecule has 0 aliphatic heterocycles. The second-order valence-electron chi connectivity index (χ2n) is 7.76. The zero-order chi connectivity index (χ0) is 23.8. The first-order chi connectivity index (χ1) is 15.8. The molecule has 0 aromatic heterocycles. The highest BCUT2D eigenvalue weighted by atomic mass is 32.2. The summed E-state index contributed by atoms with van der Waals surface area (Å²) in [4.78, 5) is 38.4. The van der Waals surface area contributed by atoms with Gasteiger partial charge < -0.3 is 10.6 Å². The van der Waals surface area contributed by atoms with Crippen molar-refractivity contribution < 1.29 is 27.4 Å². The van der Waals surface area contributed by atoms with Gasteiger partial charge in [0.2, 0.25) is 17.7 Å². The second-order valence-corrected chi connectivity index (χ2v) is 9.22. The standard InChI is InChI=1S/C23H25F2N3O4S/c24-16-9-11-18(12-10-16)27-22(30)14-33(32)15-23(31)28(20-8-4-3-7-19(20)25)13-21(29)26-17-5-1-2-6-17/h3-4,7-12,17H,1-2,5-6,13-15H2,(H,26,29)(H,27,30)/t33-/m0/s1. The number of carbonyl (C=O) groups excluding carboxylic acids is 3. The molecule has 33 heavy (non-hydrogen) atoms. The second kappa shape index (κ2) is 11.6. The molecule has 1 atom stereocenters. The van der Waals surface area contributed by atoms with Crippen molar-refractivity contribution in [1.29, 1.82) is 0 Å². The average molecular weight is 478 g/mol. The highest BCUT2D eigenvalue weighted by Gasteiger charge is 2.26. The zero-order valence-corrected chi connectivity index (χ0v) is 18.7. The summed E-state index contributed by atoms with van der Waals surface area (Å²) in [6, 6.07) is 10.6. The monoisotopic (exact) mass is 477 g/mol. The third-order valence-electron chi connectivity index (χ3n) is 5.17. The molecule has 0 spiro atoms. The van der Waals surface area contributed by atoms with Gasteiger partial charge in [0.25, 0.3) is 0 Å². The first kappa shape index (κ1) is 24.5. The minimum atomic E-state index is -1.91. The van der Waals surface area contributed by atoms with E-state index in [1.54, 1.807) is 0 Å². The molecule has 1 fully saturated rings. The molecule has 2 N–H and O–H groups in total. The predicted molar refractivity (Wildman–Crippen MR) is 122 cm³/mol. The Bertz CT molecular complexity index is 1030. The molecule has 2 aromatic carbocycles. The Kier molecular flexibility index (Phi) is 8.65. The van der Waals surface area contributed by atoms with E-state index in [0.29, 0.717) is 5.69 Å². The van der Waals surface area contributed by atoms with Crippen molar-refractivity contribution >= 4 is 39.9 Å². The van der Waals surface area contributed by atoms with Crippen LogP contribution >= 0.6 is 0 Å². The molecule has 0 radical (unpaired) electrons. The Morgan fingerprint density at radius 2 is 1.61 bits per heavy atom. The Morgan fingerprint density at radius 1 is 0.939 bits per heavy atom. The van der Waals surface area contributed by atoms with Crippen molar-refractivity contribution in [2.75, 3.05) is 28.3 Å². The Morgan fingerprint density at radius 3 is 2.27 bits per heavy atom. The van der Waals surface area contributed by atoms with Crippen LogP contribution in [0, 0.1) is 11.6 Å². The van der Waals surface area contributed by atoms with Gasteiger partial charge in [-0.05, 0) is 49.2 Å². The quantitative estimate of drug-likeness (QED) is 0.581. The van der Waals surface area contributed by atoms with E-state index < -0.39 is 58.2 Å². The SMILES string of the molecule is O=C(C[S@](=O)CC(=O)N(CC(=O)NC1CCCC1)c1ccccc1F)Nc1ccc(F)cc1. The summed E-state index contributed by atoms with van der Waals surface area (Å²) >= 11 is 0. The summed E-state index contributed by atoms with van der Waals surface area (Å²) < 4.78 is 39.8. The summed E-state index contributed by atoms with van der Waals surface area (Å²) in [7, 11) is -1.91. The van der Waals surface area contributed by atoms with Gasteiger partial charge in [0.05, 0.1) is 5.69 Å². The molecule has 7 nitrogen and oxygen atoms in total. The lowest BCUT2D eigenvalue weighted by Crippen LogP contribution is -2.45. The predicted octanol–water partition coefficient (Wildman–Crippen LogP) is 2.74. The van der Waals surface area contributed by atoms with Crippen molar-refractivity contribution in [3.63, 3.8) is 0 Å². The lowest BCUT2D eigenvalue weighted by molar-refractivity contribution is -0.123. The molecule has 3 rings (SSSR count). The lowest BCUT2D eigenvalue weighted by atomic mass is 10.2. The molecule has 10 heteroatoms. The fraction of sp³-hybridized carbons (Fsp3) is 0.348. The molecule has 176 valence electrons. The summed E-state index contributed by atoms with van der Waals surface area (Å²) in [6.07, 6.45) is 3.74. The molecule has 1 aliphatic rings. The van der Waals surface area contributed by atoms with Crippen LogP contribution in [0.3, 0.4) is 0 Å². The molecule has 0 unspecified atom stereocenters. The number of hydrogen-bond donors (Lipinski definition) is 2. The van der Waals surface area contributed by atoms with Gasteiger partial charge in [-0.3, -0.25) is 23.5 Å². The van der Waals surface area contributed by atoms with Crippen LogP contribution in [0.4, 0.5) is 20.2 Å². The molecule has 2 aromatic rings. The molecular weight excluding hydrogens is 452 g/mol. The Balaban J connectivity index is 1.62. The first-order valence-electron chi connectivity index (χ1n) is 10.6. The maximum absolute atomic E-state index is 14.4. The number of para-hydroxylation sites is 1. The maximum Gasteiger partial charge on any atom is 0.240 e. The Labute approximate surface area is 193 Å². The number of carbonyl (C=O) groups is 3. The van der Waals surface area contributed by atoms with Crippen LogP contribution in [0.25, 0.3) is 0 Å². The molecule has 3 amide bonds. The molecule has 0 saturated heterocycles. The van der Waals surface area contributed by atoms with E-state index in [0.717, 1.165) is 36.6 Å². The van der Waals surface area contributed by atoms with Gasteiger partial charge in [-0.15, -0.1) is 0 Å². The van der Waals surface area contributed by atoms with Crippen molar-refractivity contribution in [3.8, 4) is 0 Å². The summed E-state index contributed by atoms with van der Waals surface area (Å²) in [5, 5.41) is 5.32. The summed E-state index contributed by atoms with van der Waals surface area (Å²) in [5.41, 5.74) is 0.220. The number of nitrogens with one attached hydrogen (secondary N) is 2. The summed E-state index contributed by atoms with van der Waals surface area (Å²) in [6.45, 7) is -0.421. The first-order valence-corrected chi connectivity index (χ1v) is 12.1. The average Bonchev–Trinajstić information content (AvgIpc) is 3.27.